The maximum atomic E-state index is 4.21. The van der Waals surface area contributed by atoms with Crippen molar-refractivity contribution in [3.8, 4) is 0 Å². The van der Waals surface area contributed by atoms with Gasteiger partial charge in [0.1, 0.15) is 0 Å². The first-order valence-electron chi connectivity index (χ1n) is 6.60. The van der Waals surface area contributed by atoms with E-state index in [1.54, 1.807) is 0 Å². The topological polar surface area (TPSA) is 24.7 Å². The zero-order valence-corrected chi connectivity index (χ0v) is 11.9. The van der Waals surface area contributed by atoms with Crippen LogP contribution in [0.5, 0.6) is 0 Å². The highest BCUT2D eigenvalue weighted by atomic mass is 32.2. The molecule has 0 heterocycles. The zero-order chi connectivity index (χ0) is 13.3. The van der Waals surface area contributed by atoms with Gasteiger partial charge in [0, 0.05) is 16.8 Å². The molecule has 3 heteroatoms. The third kappa shape index (κ3) is 4.87. The van der Waals surface area contributed by atoms with Crippen molar-refractivity contribution in [2.45, 2.75) is 31.1 Å². The molecule has 19 heavy (non-hydrogen) atoms. The minimum Gasteiger partial charge on any atom is -0.143 e. The lowest BCUT2D eigenvalue weighted by atomic mass is 10.1. The van der Waals surface area contributed by atoms with Crippen molar-refractivity contribution >= 4 is 17.6 Å². The van der Waals surface area contributed by atoms with Gasteiger partial charge in [0.05, 0.1) is 5.69 Å². The number of nitrogens with zero attached hydrogens (tertiary/aromatic N) is 2. The smallest absolute Gasteiger partial charge is 0.0863 e. The van der Waals surface area contributed by atoms with Crippen molar-refractivity contribution in [2.24, 2.45) is 9.63 Å². The van der Waals surface area contributed by atoms with E-state index in [0.717, 1.165) is 17.0 Å². The monoisotopic (exact) mass is 270 g/mol. The SMILES string of the molecule is CCCCc1ccc(N=NSc2ccccc2)cc1. The maximum Gasteiger partial charge on any atom is 0.0863 e. The molecule has 0 aromatic heterocycles. The summed E-state index contributed by atoms with van der Waals surface area (Å²) >= 11 is 1.39. The second-order valence-corrected chi connectivity index (χ2v) is 5.17. The van der Waals surface area contributed by atoms with Crippen molar-refractivity contribution in [3.05, 3.63) is 60.2 Å². The van der Waals surface area contributed by atoms with E-state index in [4.69, 9.17) is 0 Å². The van der Waals surface area contributed by atoms with Crippen molar-refractivity contribution in [1.82, 2.24) is 0 Å². The summed E-state index contributed by atoms with van der Waals surface area (Å²) in [4.78, 5) is 1.10. The zero-order valence-electron chi connectivity index (χ0n) is 11.1. The third-order valence-electron chi connectivity index (χ3n) is 2.80. The summed E-state index contributed by atoms with van der Waals surface area (Å²) in [7, 11) is 0. The minimum absolute atomic E-state index is 0.906. The Balaban J connectivity index is 1.88. The molecule has 0 fully saturated rings. The fourth-order valence-corrected chi connectivity index (χ4v) is 2.21. The number of hydrogen-bond donors (Lipinski definition) is 0. The molecule has 0 bridgehead atoms. The predicted molar refractivity (Wildman–Crippen MR) is 81.9 cm³/mol. The van der Waals surface area contributed by atoms with Crippen LogP contribution in [-0.4, -0.2) is 0 Å². The van der Waals surface area contributed by atoms with Gasteiger partial charge in [0.15, 0.2) is 0 Å². The second-order valence-electron chi connectivity index (χ2n) is 4.36. The first kappa shape index (κ1) is 13.8. The number of rotatable bonds is 6. The minimum atomic E-state index is 0.906. The Bertz CT molecular complexity index is 506. The largest absolute Gasteiger partial charge is 0.143 e. The molecule has 0 spiro atoms. The van der Waals surface area contributed by atoms with Gasteiger partial charge in [-0.1, -0.05) is 43.7 Å². The molecular formula is C16H18N2S. The Morgan fingerprint density at radius 1 is 0.947 bits per heavy atom. The van der Waals surface area contributed by atoms with Gasteiger partial charge >= 0.3 is 0 Å². The Morgan fingerprint density at radius 2 is 1.68 bits per heavy atom. The fraction of sp³-hybridized carbons (Fsp3) is 0.250. The molecule has 98 valence electrons. The van der Waals surface area contributed by atoms with E-state index in [0.29, 0.717) is 0 Å². The lowest BCUT2D eigenvalue weighted by molar-refractivity contribution is 0.795. The molecule has 0 radical (unpaired) electrons. The molecule has 0 aliphatic heterocycles. The summed E-state index contributed by atoms with van der Waals surface area (Å²) in [6.07, 6.45) is 3.62. The van der Waals surface area contributed by atoms with Gasteiger partial charge in [-0.3, -0.25) is 0 Å². The van der Waals surface area contributed by atoms with Crippen molar-refractivity contribution in [2.75, 3.05) is 0 Å². The van der Waals surface area contributed by atoms with Crippen LogP contribution in [0.3, 0.4) is 0 Å². The Kier molecular flexibility index (Phi) is 5.63. The summed E-state index contributed by atoms with van der Waals surface area (Å²) < 4.78 is 4.15. The van der Waals surface area contributed by atoms with Crippen LogP contribution in [0.4, 0.5) is 5.69 Å². The summed E-state index contributed by atoms with van der Waals surface area (Å²) in [6.45, 7) is 2.21. The lowest BCUT2D eigenvalue weighted by Gasteiger charge is -1.99. The highest BCUT2D eigenvalue weighted by Crippen LogP contribution is 2.22. The van der Waals surface area contributed by atoms with Crippen LogP contribution in [0, 0.1) is 0 Å². The van der Waals surface area contributed by atoms with Crippen LogP contribution in [0.2, 0.25) is 0 Å². The van der Waals surface area contributed by atoms with Crippen LogP contribution >= 0.6 is 11.9 Å². The molecular weight excluding hydrogens is 252 g/mol. The van der Waals surface area contributed by atoms with E-state index in [1.165, 1.54) is 30.4 Å². The molecule has 2 nitrogen and oxygen atoms in total. The molecule has 2 aromatic rings. The average molecular weight is 270 g/mol. The Hall–Kier alpha value is -1.61. The Morgan fingerprint density at radius 3 is 2.37 bits per heavy atom. The van der Waals surface area contributed by atoms with Gasteiger partial charge in [-0.05, 0) is 42.7 Å². The summed E-state index contributed by atoms with van der Waals surface area (Å²) in [5.41, 5.74) is 2.28. The standard InChI is InChI=1S/C16H18N2S/c1-2-3-7-14-10-12-15(13-11-14)17-18-19-16-8-5-4-6-9-16/h4-6,8-13H,2-3,7H2,1H3. The Labute approximate surface area is 119 Å². The quantitative estimate of drug-likeness (QED) is 0.479. The van der Waals surface area contributed by atoms with Crippen molar-refractivity contribution in [1.29, 1.82) is 0 Å². The summed E-state index contributed by atoms with van der Waals surface area (Å²) in [5, 5.41) is 4.21. The molecule has 0 aliphatic rings. The van der Waals surface area contributed by atoms with Crippen LogP contribution < -0.4 is 0 Å². The van der Waals surface area contributed by atoms with Crippen LogP contribution in [-0.2, 0) is 6.42 Å². The summed E-state index contributed by atoms with van der Waals surface area (Å²) in [6, 6.07) is 18.4. The van der Waals surface area contributed by atoms with E-state index in [2.05, 4.69) is 28.7 Å². The van der Waals surface area contributed by atoms with Crippen molar-refractivity contribution in [3.63, 3.8) is 0 Å². The van der Waals surface area contributed by atoms with Gasteiger partial charge in [0.25, 0.3) is 0 Å². The van der Waals surface area contributed by atoms with Gasteiger partial charge in [0.2, 0.25) is 0 Å². The van der Waals surface area contributed by atoms with Gasteiger partial charge in [-0.2, -0.15) is 0 Å². The second kappa shape index (κ2) is 7.74. The van der Waals surface area contributed by atoms with E-state index in [9.17, 15) is 0 Å². The molecule has 0 unspecified atom stereocenters. The molecule has 2 rings (SSSR count). The van der Waals surface area contributed by atoms with E-state index < -0.39 is 0 Å². The number of benzene rings is 2. The molecule has 2 aromatic carbocycles. The first-order chi connectivity index (χ1) is 9.38. The molecule has 0 amide bonds. The number of unbranched alkanes of at least 4 members (excludes halogenated alkanes) is 1. The molecule has 0 aliphatic carbocycles. The average Bonchev–Trinajstić information content (AvgIpc) is 2.47. The molecule has 0 saturated carbocycles. The number of hydrogen-bond acceptors (Lipinski definition) is 3. The van der Waals surface area contributed by atoms with E-state index in [1.807, 2.05) is 42.5 Å². The number of aryl methyl sites for hydroxylation is 1. The van der Waals surface area contributed by atoms with E-state index in [-0.39, 0.29) is 0 Å². The highest BCUT2D eigenvalue weighted by Gasteiger charge is 1.94. The van der Waals surface area contributed by atoms with Gasteiger partial charge in [-0.15, -0.1) is 9.63 Å². The van der Waals surface area contributed by atoms with Crippen LogP contribution in [0.25, 0.3) is 0 Å². The van der Waals surface area contributed by atoms with Gasteiger partial charge in [-0.25, -0.2) is 0 Å². The van der Waals surface area contributed by atoms with Crippen LogP contribution in [0.1, 0.15) is 25.3 Å². The molecule has 0 N–H and O–H groups in total. The molecule has 0 saturated heterocycles. The van der Waals surface area contributed by atoms with E-state index >= 15 is 0 Å². The third-order valence-corrected chi connectivity index (χ3v) is 3.45. The normalized spacial score (nSPS) is 11.0. The predicted octanol–water partition coefficient (Wildman–Crippen LogP) is 5.82. The highest BCUT2D eigenvalue weighted by molar-refractivity contribution is 7.97. The maximum absolute atomic E-state index is 4.21. The van der Waals surface area contributed by atoms with Gasteiger partial charge < -0.3 is 0 Å². The first-order valence-corrected chi connectivity index (χ1v) is 7.38. The summed E-state index contributed by atoms with van der Waals surface area (Å²) in [5.74, 6) is 0. The molecule has 0 atom stereocenters. The van der Waals surface area contributed by atoms with Crippen molar-refractivity contribution < 1.29 is 0 Å². The fourth-order valence-electron chi connectivity index (χ4n) is 1.71. The van der Waals surface area contributed by atoms with Crippen LogP contribution in [0.15, 0.2) is 69.1 Å². The lowest BCUT2D eigenvalue weighted by Crippen LogP contribution is -1.82.